The van der Waals surface area contributed by atoms with Crippen molar-refractivity contribution in [3.05, 3.63) is 34.4 Å². The van der Waals surface area contributed by atoms with E-state index >= 15 is 0 Å². The summed E-state index contributed by atoms with van der Waals surface area (Å²) in [5.74, 6) is 0. The zero-order valence-corrected chi connectivity index (χ0v) is 9.68. The fourth-order valence-corrected chi connectivity index (χ4v) is 2.20. The number of aromatic nitrogens is 1. The summed E-state index contributed by atoms with van der Waals surface area (Å²) in [7, 11) is 1.89. The van der Waals surface area contributed by atoms with E-state index in [1.807, 2.05) is 35.9 Å². The molecule has 1 atom stereocenters. The Bertz CT molecular complexity index is 473. The van der Waals surface area contributed by atoms with E-state index in [0.29, 0.717) is 5.69 Å². The molecule has 0 saturated carbocycles. The van der Waals surface area contributed by atoms with Crippen molar-refractivity contribution in [3.63, 3.8) is 0 Å². The minimum absolute atomic E-state index is 0.715. The molecule has 1 nitrogen and oxygen atoms in total. The molecule has 0 aliphatic carbocycles. The topological polar surface area (TPSA) is 4.93 Å². The highest BCUT2D eigenvalue weighted by molar-refractivity contribution is 9.10. The number of aryl methyl sites for hydroxylation is 1. The van der Waals surface area contributed by atoms with Gasteiger partial charge in [0, 0.05) is 22.4 Å². The van der Waals surface area contributed by atoms with Crippen molar-refractivity contribution in [1.29, 1.82) is 0 Å². The lowest BCUT2D eigenvalue weighted by Crippen LogP contribution is -1.96. The van der Waals surface area contributed by atoms with Crippen molar-refractivity contribution in [2.75, 3.05) is 0 Å². The summed E-state index contributed by atoms with van der Waals surface area (Å²) in [5.41, 5.74) is 1.77. The molecule has 1 aromatic carbocycles. The summed E-state index contributed by atoms with van der Waals surface area (Å²) in [5, 5.41) is 1.06. The van der Waals surface area contributed by atoms with Gasteiger partial charge in [-0.3, -0.25) is 0 Å². The SMILES string of the molecule is CC(F)c1cc2c(Br)cccc2n1C. The van der Waals surface area contributed by atoms with Crippen molar-refractivity contribution in [1.82, 2.24) is 4.57 Å². The molecule has 74 valence electrons. The Kier molecular flexibility index (Phi) is 2.35. The third kappa shape index (κ3) is 1.36. The minimum atomic E-state index is -0.931. The van der Waals surface area contributed by atoms with E-state index < -0.39 is 6.17 Å². The summed E-state index contributed by atoms with van der Waals surface area (Å²) in [4.78, 5) is 0. The zero-order chi connectivity index (χ0) is 10.3. The van der Waals surface area contributed by atoms with Crippen LogP contribution in [0.1, 0.15) is 18.8 Å². The van der Waals surface area contributed by atoms with E-state index in [0.717, 1.165) is 15.4 Å². The Balaban J connectivity index is 2.80. The van der Waals surface area contributed by atoms with E-state index in [1.165, 1.54) is 0 Å². The summed E-state index contributed by atoms with van der Waals surface area (Å²) < 4.78 is 16.1. The van der Waals surface area contributed by atoms with E-state index in [2.05, 4.69) is 15.9 Å². The molecule has 2 aromatic rings. The van der Waals surface area contributed by atoms with Gasteiger partial charge < -0.3 is 4.57 Å². The highest BCUT2D eigenvalue weighted by Crippen LogP contribution is 2.29. The van der Waals surface area contributed by atoms with Crippen LogP contribution in [0.5, 0.6) is 0 Å². The predicted octanol–water partition coefficient (Wildman–Crippen LogP) is 3.97. The van der Waals surface area contributed by atoms with Crippen LogP contribution in [0, 0.1) is 0 Å². The van der Waals surface area contributed by atoms with Gasteiger partial charge in [-0.05, 0) is 25.1 Å². The highest BCUT2D eigenvalue weighted by atomic mass is 79.9. The molecule has 0 radical (unpaired) electrons. The summed E-state index contributed by atoms with van der Waals surface area (Å²) in [6.45, 7) is 1.56. The number of hydrogen-bond donors (Lipinski definition) is 0. The second kappa shape index (κ2) is 3.39. The number of halogens is 2. The molecule has 14 heavy (non-hydrogen) atoms. The van der Waals surface area contributed by atoms with Gasteiger partial charge in [0.05, 0.1) is 5.69 Å². The first-order valence-corrected chi connectivity index (χ1v) is 5.28. The van der Waals surface area contributed by atoms with E-state index in [1.54, 1.807) is 6.92 Å². The Morgan fingerprint density at radius 3 is 2.71 bits per heavy atom. The van der Waals surface area contributed by atoms with Crippen LogP contribution in [0.2, 0.25) is 0 Å². The molecular weight excluding hydrogens is 245 g/mol. The first kappa shape index (κ1) is 9.71. The lowest BCUT2D eigenvalue weighted by Gasteiger charge is -2.03. The highest BCUT2D eigenvalue weighted by Gasteiger charge is 2.12. The molecule has 0 fully saturated rings. The minimum Gasteiger partial charge on any atom is -0.345 e. The van der Waals surface area contributed by atoms with Gasteiger partial charge in [-0.1, -0.05) is 22.0 Å². The fraction of sp³-hybridized carbons (Fsp3) is 0.273. The molecule has 1 heterocycles. The van der Waals surface area contributed by atoms with E-state index in [4.69, 9.17) is 0 Å². The van der Waals surface area contributed by atoms with Crippen molar-refractivity contribution >= 4 is 26.8 Å². The van der Waals surface area contributed by atoms with Crippen LogP contribution in [0.15, 0.2) is 28.7 Å². The molecule has 0 aliphatic heterocycles. The average Bonchev–Trinajstić information content (AvgIpc) is 2.46. The standard InChI is InChI=1S/C11H11BrFN/c1-7(13)11-6-8-9(12)4-3-5-10(8)14(11)2/h3-7H,1-2H3. The van der Waals surface area contributed by atoms with Gasteiger partial charge >= 0.3 is 0 Å². The summed E-state index contributed by atoms with van der Waals surface area (Å²) >= 11 is 3.46. The normalized spacial score (nSPS) is 13.4. The molecule has 0 spiro atoms. The molecule has 3 heteroatoms. The molecule has 0 bridgehead atoms. The van der Waals surface area contributed by atoms with Gasteiger partial charge in [0.15, 0.2) is 0 Å². The number of alkyl halides is 1. The van der Waals surface area contributed by atoms with Gasteiger partial charge in [-0.15, -0.1) is 0 Å². The van der Waals surface area contributed by atoms with Gasteiger partial charge in [0.25, 0.3) is 0 Å². The zero-order valence-electron chi connectivity index (χ0n) is 8.09. The molecule has 0 aliphatic rings. The third-order valence-corrected chi connectivity index (χ3v) is 3.17. The van der Waals surface area contributed by atoms with Crippen molar-refractivity contribution in [2.45, 2.75) is 13.1 Å². The van der Waals surface area contributed by atoms with Crippen molar-refractivity contribution in [3.8, 4) is 0 Å². The molecule has 2 rings (SSSR count). The maximum absolute atomic E-state index is 13.2. The van der Waals surface area contributed by atoms with Crippen LogP contribution >= 0.6 is 15.9 Å². The van der Waals surface area contributed by atoms with Crippen LogP contribution in [0.4, 0.5) is 4.39 Å². The van der Waals surface area contributed by atoms with Gasteiger partial charge in [0.1, 0.15) is 6.17 Å². The second-order valence-electron chi connectivity index (χ2n) is 3.42. The Morgan fingerprint density at radius 1 is 1.43 bits per heavy atom. The number of nitrogens with zero attached hydrogens (tertiary/aromatic N) is 1. The lowest BCUT2D eigenvalue weighted by molar-refractivity contribution is 0.359. The number of benzene rings is 1. The predicted molar refractivity (Wildman–Crippen MR) is 60.1 cm³/mol. The largest absolute Gasteiger partial charge is 0.345 e. The lowest BCUT2D eigenvalue weighted by atomic mass is 10.2. The number of fused-ring (bicyclic) bond motifs is 1. The first-order valence-electron chi connectivity index (χ1n) is 4.49. The Morgan fingerprint density at radius 2 is 2.14 bits per heavy atom. The van der Waals surface area contributed by atoms with Crippen LogP contribution in [-0.4, -0.2) is 4.57 Å². The molecular formula is C11H11BrFN. The maximum atomic E-state index is 13.2. The van der Waals surface area contributed by atoms with E-state index in [9.17, 15) is 4.39 Å². The van der Waals surface area contributed by atoms with Crippen LogP contribution in [0.3, 0.4) is 0 Å². The second-order valence-corrected chi connectivity index (χ2v) is 4.27. The number of rotatable bonds is 1. The summed E-state index contributed by atoms with van der Waals surface area (Å²) in [6.07, 6.45) is -0.931. The van der Waals surface area contributed by atoms with Gasteiger partial charge in [-0.2, -0.15) is 0 Å². The summed E-state index contributed by atoms with van der Waals surface area (Å²) in [6, 6.07) is 7.81. The first-order chi connectivity index (χ1) is 6.61. The third-order valence-electron chi connectivity index (χ3n) is 2.48. The van der Waals surface area contributed by atoms with E-state index in [-0.39, 0.29) is 0 Å². The fourth-order valence-electron chi connectivity index (χ4n) is 1.73. The van der Waals surface area contributed by atoms with Crippen molar-refractivity contribution in [2.24, 2.45) is 7.05 Å². The molecule has 0 N–H and O–H groups in total. The Hall–Kier alpha value is -0.830. The van der Waals surface area contributed by atoms with Gasteiger partial charge in [0.2, 0.25) is 0 Å². The number of hydrogen-bond acceptors (Lipinski definition) is 0. The molecule has 0 amide bonds. The molecule has 0 saturated heterocycles. The molecule has 1 aromatic heterocycles. The average molecular weight is 256 g/mol. The quantitative estimate of drug-likeness (QED) is 0.727. The van der Waals surface area contributed by atoms with Crippen LogP contribution < -0.4 is 0 Å². The monoisotopic (exact) mass is 255 g/mol. The van der Waals surface area contributed by atoms with Gasteiger partial charge in [-0.25, -0.2) is 4.39 Å². The maximum Gasteiger partial charge on any atom is 0.137 e. The van der Waals surface area contributed by atoms with Crippen molar-refractivity contribution < 1.29 is 4.39 Å². The molecule has 1 unspecified atom stereocenters. The van der Waals surface area contributed by atoms with Crippen LogP contribution in [0.25, 0.3) is 10.9 Å². The Labute approximate surface area is 90.7 Å². The van der Waals surface area contributed by atoms with Crippen LogP contribution in [-0.2, 0) is 7.05 Å². The smallest absolute Gasteiger partial charge is 0.137 e.